The molecule has 1 fully saturated rings. The summed E-state index contributed by atoms with van der Waals surface area (Å²) in [7, 11) is 0. The minimum Gasteiger partial charge on any atom is -0.460 e. The van der Waals surface area contributed by atoms with Crippen molar-refractivity contribution < 1.29 is 14.3 Å². The molecule has 1 aliphatic rings. The molecule has 1 atom stereocenters. The van der Waals surface area contributed by atoms with Crippen molar-refractivity contribution in [1.82, 2.24) is 4.98 Å². The Balaban J connectivity index is 1.62. The molecule has 0 N–H and O–H groups in total. The third-order valence-electron chi connectivity index (χ3n) is 5.56. The van der Waals surface area contributed by atoms with E-state index in [9.17, 15) is 9.59 Å². The van der Waals surface area contributed by atoms with Crippen molar-refractivity contribution in [3.8, 4) is 11.3 Å². The molecule has 5 nitrogen and oxygen atoms in total. The average Bonchev–Trinajstić information content (AvgIpc) is 3.50. The molecule has 0 bridgehead atoms. The van der Waals surface area contributed by atoms with E-state index in [4.69, 9.17) is 32.9 Å². The van der Waals surface area contributed by atoms with Gasteiger partial charge in [-0.3, -0.25) is 14.5 Å². The highest BCUT2D eigenvalue weighted by Gasteiger charge is 2.39. The highest BCUT2D eigenvalue weighted by Crippen LogP contribution is 2.39. The molecular weight excluding hydrogens is 503 g/mol. The second-order valence-electron chi connectivity index (χ2n) is 9.76. The number of nitrogens with zero attached hydrogens (tertiary/aromatic N) is 2. The van der Waals surface area contributed by atoms with E-state index < -0.39 is 11.5 Å². The van der Waals surface area contributed by atoms with E-state index in [2.05, 4.69) is 0 Å². The molecular formula is C27H28Cl2N2O3S. The van der Waals surface area contributed by atoms with Crippen LogP contribution in [0.3, 0.4) is 0 Å². The maximum absolute atomic E-state index is 13.9. The fourth-order valence-corrected chi connectivity index (χ4v) is 5.17. The lowest BCUT2D eigenvalue weighted by Crippen LogP contribution is -2.40. The van der Waals surface area contributed by atoms with E-state index in [0.717, 1.165) is 24.0 Å². The number of carbonyl (C=O) groups is 2. The minimum absolute atomic E-state index is 0.00652. The smallest absolute Gasteiger partial charge is 0.307 e. The van der Waals surface area contributed by atoms with Gasteiger partial charge in [0.05, 0.1) is 23.1 Å². The summed E-state index contributed by atoms with van der Waals surface area (Å²) in [5, 5.41) is 3.60. The topological polar surface area (TPSA) is 59.5 Å². The summed E-state index contributed by atoms with van der Waals surface area (Å²) < 4.78 is 5.55. The molecule has 0 spiro atoms. The fourth-order valence-electron chi connectivity index (χ4n) is 3.88. The Morgan fingerprint density at radius 1 is 1.14 bits per heavy atom. The van der Waals surface area contributed by atoms with Gasteiger partial charge in [0.2, 0.25) is 5.91 Å². The van der Waals surface area contributed by atoms with Crippen molar-refractivity contribution in [2.75, 3.05) is 4.90 Å². The third kappa shape index (κ3) is 6.84. The quantitative estimate of drug-likeness (QED) is 0.289. The summed E-state index contributed by atoms with van der Waals surface area (Å²) in [4.78, 5) is 33.2. The number of benzene rings is 2. The Morgan fingerprint density at radius 2 is 1.86 bits per heavy atom. The van der Waals surface area contributed by atoms with E-state index in [1.54, 1.807) is 23.1 Å². The Bertz CT molecular complexity index is 1200. The number of hydrogen-bond donors (Lipinski definition) is 0. The van der Waals surface area contributed by atoms with Crippen molar-refractivity contribution >= 4 is 51.5 Å². The number of hydrogen-bond acceptors (Lipinski definition) is 5. The average molecular weight is 532 g/mol. The molecule has 0 aliphatic heterocycles. The zero-order valence-corrected chi connectivity index (χ0v) is 22.3. The lowest BCUT2D eigenvalue weighted by atomic mass is 9.94. The standard InChI is InChI=1S/C27H28Cl2N2O3S/c1-27(2,3)34-24(32)14-18(13-17-7-5-4-6-8-17)25(33)31(20-10-11-20)26-30-23(16-35-26)21-15-19(28)9-12-22(21)29/h4-9,12,15-16,18,20H,10-11,13-14H2,1-3H3. The van der Waals surface area contributed by atoms with Crippen LogP contribution < -0.4 is 4.90 Å². The van der Waals surface area contributed by atoms with Crippen LogP contribution >= 0.6 is 34.5 Å². The van der Waals surface area contributed by atoms with Gasteiger partial charge in [-0.1, -0.05) is 53.5 Å². The van der Waals surface area contributed by atoms with Gasteiger partial charge < -0.3 is 4.74 Å². The van der Waals surface area contributed by atoms with Gasteiger partial charge in [0.1, 0.15) is 5.60 Å². The van der Waals surface area contributed by atoms with Gasteiger partial charge in [-0.15, -0.1) is 11.3 Å². The molecule has 4 rings (SSSR count). The van der Waals surface area contributed by atoms with Crippen LogP contribution in [0.2, 0.25) is 10.0 Å². The second kappa shape index (κ2) is 10.7. The number of amides is 1. The van der Waals surface area contributed by atoms with Crippen LogP contribution in [-0.4, -0.2) is 28.5 Å². The van der Waals surface area contributed by atoms with Crippen molar-refractivity contribution in [2.45, 2.75) is 58.1 Å². The molecule has 1 heterocycles. The van der Waals surface area contributed by atoms with Gasteiger partial charge in [0, 0.05) is 22.0 Å². The normalized spacial score (nSPS) is 14.4. The third-order valence-corrected chi connectivity index (χ3v) is 6.96. The first-order valence-corrected chi connectivity index (χ1v) is 13.2. The highest BCUT2D eigenvalue weighted by atomic mass is 35.5. The van der Waals surface area contributed by atoms with Crippen LogP contribution in [0.25, 0.3) is 11.3 Å². The van der Waals surface area contributed by atoms with E-state index in [-0.39, 0.29) is 24.3 Å². The van der Waals surface area contributed by atoms with Crippen molar-refractivity contribution in [3.05, 3.63) is 69.5 Å². The first-order valence-electron chi connectivity index (χ1n) is 11.6. The molecule has 0 radical (unpaired) electrons. The largest absolute Gasteiger partial charge is 0.460 e. The van der Waals surface area contributed by atoms with Crippen LogP contribution in [-0.2, 0) is 20.7 Å². The van der Waals surface area contributed by atoms with E-state index in [1.807, 2.05) is 56.5 Å². The van der Waals surface area contributed by atoms with E-state index in [0.29, 0.717) is 27.3 Å². The summed E-state index contributed by atoms with van der Waals surface area (Å²) >= 11 is 13.9. The SMILES string of the molecule is CC(C)(C)OC(=O)CC(Cc1ccccc1)C(=O)N(c1nc(-c2cc(Cl)ccc2Cl)cs1)C1CC1. The molecule has 0 saturated heterocycles. The Labute approximate surface area is 220 Å². The Morgan fingerprint density at radius 3 is 2.51 bits per heavy atom. The maximum atomic E-state index is 13.9. The monoisotopic (exact) mass is 530 g/mol. The van der Waals surface area contributed by atoms with Crippen molar-refractivity contribution in [1.29, 1.82) is 0 Å². The number of aromatic nitrogens is 1. The molecule has 1 aliphatic carbocycles. The van der Waals surface area contributed by atoms with E-state index in [1.165, 1.54) is 11.3 Å². The van der Waals surface area contributed by atoms with Crippen LogP contribution in [0.5, 0.6) is 0 Å². The second-order valence-corrected chi connectivity index (χ2v) is 11.4. The summed E-state index contributed by atoms with van der Waals surface area (Å²) in [6.07, 6.45) is 2.26. The van der Waals surface area contributed by atoms with Gasteiger partial charge >= 0.3 is 5.97 Å². The lowest BCUT2D eigenvalue weighted by molar-refractivity contribution is -0.157. The number of esters is 1. The molecule has 8 heteroatoms. The number of anilines is 1. The molecule has 1 amide bonds. The maximum Gasteiger partial charge on any atom is 0.307 e. The molecule has 1 aromatic heterocycles. The minimum atomic E-state index is -0.617. The highest BCUT2D eigenvalue weighted by molar-refractivity contribution is 7.14. The number of halogens is 2. The summed E-state index contributed by atoms with van der Waals surface area (Å²) in [6.45, 7) is 5.48. The predicted octanol–water partition coefficient (Wildman–Crippen LogP) is 7.20. The molecule has 2 aromatic carbocycles. The van der Waals surface area contributed by atoms with Crippen molar-refractivity contribution in [3.63, 3.8) is 0 Å². The fraction of sp³-hybridized carbons (Fsp3) is 0.370. The number of ether oxygens (including phenoxy) is 1. The molecule has 1 saturated carbocycles. The summed E-state index contributed by atoms with van der Waals surface area (Å²) in [6, 6.07) is 15.1. The van der Waals surface area contributed by atoms with Gasteiger partial charge in [0.15, 0.2) is 5.13 Å². The van der Waals surface area contributed by atoms with Gasteiger partial charge in [-0.2, -0.15) is 0 Å². The zero-order valence-electron chi connectivity index (χ0n) is 20.0. The lowest BCUT2D eigenvalue weighted by Gasteiger charge is -2.26. The van der Waals surface area contributed by atoms with Crippen molar-refractivity contribution in [2.24, 2.45) is 5.92 Å². The van der Waals surface area contributed by atoms with Crippen LogP contribution in [0.4, 0.5) is 5.13 Å². The zero-order chi connectivity index (χ0) is 25.2. The molecule has 35 heavy (non-hydrogen) atoms. The Kier molecular flexibility index (Phi) is 7.84. The van der Waals surface area contributed by atoms with Crippen LogP contribution in [0, 0.1) is 5.92 Å². The molecule has 184 valence electrons. The van der Waals surface area contributed by atoms with Gasteiger partial charge in [0.25, 0.3) is 0 Å². The first kappa shape index (κ1) is 25.7. The molecule has 1 unspecified atom stereocenters. The van der Waals surface area contributed by atoms with Gasteiger partial charge in [-0.05, 0) is 63.8 Å². The number of carbonyl (C=O) groups excluding carboxylic acids is 2. The van der Waals surface area contributed by atoms with E-state index >= 15 is 0 Å². The number of rotatable bonds is 8. The number of thiazole rings is 1. The molecule has 3 aromatic rings. The predicted molar refractivity (Wildman–Crippen MR) is 142 cm³/mol. The van der Waals surface area contributed by atoms with Gasteiger partial charge in [-0.25, -0.2) is 4.98 Å². The summed E-state index contributed by atoms with van der Waals surface area (Å²) in [5.74, 6) is -1.05. The van der Waals surface area contributed by atoms with Crippen LogP contribution in [0.15, 0.2) is 53.9 Å². The first-order chi connectivity index (χ1) is 16.6. The van der Waals surface area contributed by atoms with Crippen LogP contribution in [0.1, 0.15) is 45.6 Å². The summed E-state index contributed by atoms with van der Waals surface area (Å²) in [5.41, 5.74) is 1.77. The Hall–Kier alpha value is -2.41.